The van der Waals surface area contributed by atoms with E-state index in [4.69, 9.17) is 12.2 Å². The van der Waals surface area contributed by atoms with Crippen LogP contribution in [0.1, 0.15) is 23.7 Å². The minimum absolute atomic E-state index is 0.304. The minimum atomic E-state index is -1.72. The van der Waals surface area contributed by atoms with Gasteiger partial charge in [0, 0.05) is 42.7 Å². The van der Waals surface area contributed by atoms with Crippen LogP contribution in [0.25, 0.3) is 0 Å². The molecule has 154 valence electrons. The van der Waals surface area contributed by atoms with Gasteiger partial charge in [0.15, 0.2) is 22.6 Å². The molecular formula is C18H18F4N6S. The zero-order valence-electron chi connectivity index (χ0n) is 15.6. The predicted octanol–water partition coefficient (Wildman–Crippen LogP) is 3.50. The van der Waals surface area contributed by atoms with Gasteiger partial charge in [-0.05, 0) is 26.1 Å². The molecule has 3 aromatic rings. The van der Waals surface area contributed by atoms with Gasteiger partial charge in [-0.25, -0.2) is 17.6 Å². The largest absolute Gasteiger partial charge is 0.358 e. The lowest BCUT2D eigenvalue weighted by molar-refractivity contribution is 0.420. The molecule has 0 aliphatic rings. The summed E-state index contributed by atoms with van der Waals surface area (Å²) in [6.45, 7) is 4.72. The Hall–Kier alpha value is -2.95. The topological polar surface area (TPSA) is 59.7 Å². The molecule has 11 heteroatoms. The van der Waals surface area contributed by atoms with Crippen molar-refractivity contribution in [1.29, 1.82) is 0 Å². The standard InChI is InChI=1S/C18H18F4N6S/c1-3-27-7-11(10(2)26-27)5-23-18(29)25-12-6-24-28(8-12)9-13-14(19)4-15(20)17(22)16(13)21/h4,6-8H,3,5,9H2,1-2H3,(H2,23,25,29). The van der Waals surface area contributed by atoms with E-state index in [0.29, 0.717) is 23.4 Å². The highest BCUT2D eigenvalue weighted by molar-refractivity contribution is 7.80. The maximum Gasteiger partial charge on any atom is 0.194 e. The quantitative estimate of drug-likeness (QED) is 0.274. The summed E-state index contributed by atoms with van der Waals surface area (Å²) in [5.74, 6) is -6.07. The molecule has 0 aliphatic heterocycles. The molecule has 2 heterocycles. The van der Waals surface area contributed by atoms with E-state index in [1.165, 1.54) is 17.1 Å². The first kappa shape index (κ1) is 20.8. The van der Waals surface area contributed by atoms with Crippen molar-refractivity contribution < 1.29 is 17.6 Å². The van der Waals surface area contributed by atoms with Gasteiger partial charge in [0.05, 0.1) is 24.1 Å². The van der Waals surface area contributed by atoms with Crippen LogP contribution >= 0.6 is 12.2 Å². The lowest BCUT2D eigenvalue weighted by atomic mass is 10.2. The summed E-state index contributed by atoms with van der Waals surface area (Å²) in [5, 5.41) is 14.5. The normalized spacial score (nSPS) is 11.0. The first-order valence-corrected chi connectivity index (χ1v) is 9.11. The fourth-order valence-corrected chi connectivity index (χ4v) is 2.86. The van der Waals surface area contributed by atoms with Crippen molar-refractivity contribution in [2.24, 2.45) is 0 Å². The lowest BCUT2D eigenvalue weighted by Crippen LogP contribution is -2.27. The molecule has 6 nitrogen and oxygen atoms in total. The molecule has 29 heavy (non-hydrogen) atoms. The number of thiocarbonyl (C=S) groups is 1. The number of hydrogen-bond acceptors (Lipinski definition) is 3. The van der Waals surface area contributed by atoms with Crippen LogP contribution in [0.3, 0.4) is 0 Å². The zero-order chi connectivity index (χ0) is 21.1. The molecule has 0 bridgehead atoms. The lowest BCUT2D eigenvalue weighted by Gasteiger charge is -2.08. The highest BCUT2D eigenvalue weighted by Crippen LogP contribution is 2.20. The molecule has 2 aromatic heterocycles. The SMILES string of the molecule is CCn1cc(CNC(=S)Nc2cnn(Cc3c(F)cc(F)c(F)c3F)c2)c(C)n1. The monoisotopic (exact) mass is 426 g/mol. The molecule has 2 N–H and O–H groups in total. The van der Waals surface area contributed by atoms with E-state index < -0.39 is 35.4 Å². The van der Waals surface area contributed by atoms with Crippen LogP contribution in [0, 0.1) is 30.2 Å². The van der Waals surface area contributed by atoms with Gasteiger partial charge >= 0.3 is 0 Å². The maximum atomic E-state index is 13.8. The molecule has 0 saturated carbocycles. The number of hydrogen-bond donors (Lipinski definition) is 2. The number of aromatic nitrogens is 4. The predicted molar refractivity (Wildman–Crippen MR) is 103 cm³/mol. The third kappa shape index (κ3) is 4.73. The molecule has 0 aliphatic carbocycles. The Morgan fingerprint density at radius 1 is 1.10 bits per heavy atom. The molecule has 0 fully saturated rings. The summed E-state index contributed by atoms with van der Waals surface area (Å²) >= 11 is 5.23. The second kappa shape index (κ2) is 8.60. The third-order valence-electron chi connectivity index (χ3n) is 4.23. The number of anilines is 1. The smallest absolute Gasteiger partial charge is 0.194 e. The van der Waals surface area contributed by atoms with Crippen LogP contribution in [0.2, 0.25) is 0 Å². The van der Waals surface area contributed by atoms with Crippen molar-refractivity contribution in [2.45, 2.75) is 33.5 Å². The van der Waals surface area contributed by atoms with Crippen LogP contribution in [0.15, 0.2) is 24.7 Å². The second-order valence-corrected chi connectivity index (χ2v) is 6.68. The minimum Gasteiger partial charge on any atom is -0.358 e. The Morgan fingerprint density at radius 3 is 2.55 bits per heavy atom. The van der Waals surface area contributed by atoms with Crippen LogP contribution in [-0.4, -0.2) is 24.7 Å². The fourth-order valence-electron chi connectivity index (χ4n) is 2.67. The van der Waals surface area contributed by atoms with Crippen molar-refractivity contribution in [2.75, 3.05) is 5.32 Å². The fraction of sp³-hybridized carbons (Fsp3) is 0.278. The van der Waals surface area contributed by atoms with E-state index in [0.717, 1.165) is 17.8 Å². The average molecular weight is 426 g/mol. The van der Waals surface area contributed by atoms with Crippen LogP contribution in [0.4, 0.5) is 23.2 Å². The highest BCUT2D eigenvalue weighted by Gasteiger charge is 2.19. The van der Waals surface area contributed by atoms with Gasteiger partial charge in [-0.15, -0.1) is 0 Å². The van der Waals surface area contributed by atoms with E-state index in [-0.39, 0.29) is 0 Å². The van der Waals surface area contributed by atoms with Crippen LogP contribution in [-0.2, 0) is 19.6 Å². The van der Waals surface area contributed by atoms with Gasteiger partial charge in [-0.3, -0.25) is 9.36 Å². The van der Waals surface area contributed by atoms with Crippen LogP contribution < -0.4 is 10.6 Å². The van der Waals surface area contributed by atoms with E-state index in [1.54, 1.807) is 0 Å². The number of nitrogens with zero attached hydrogens (tertiary/aromatic N) is 4. The van der Waals surface area contributed by atoms with Gasteiger partial charge in [0.1, 0.15) is 5.82 Å². The van der Waals surface area contributed by atoms with Gasteiger partial charge < -0.3 is 10.6 Å². The van der Waals surface area contributed by atoms with Gasteiger partial charge in [-0.1, -0.05) is 0 Å². The number of halogens is 4. The summed E-state index contributed by atoms with van der Waals surface area (Å²) in [6.07, 6.45) is 4.76. The number of nitrogens with one attached hydrogen (secondary N) is 2. The zero-order valence-corrected chi connectivity index (χ0v) is 16.5. The van der Waals surface area contributed by atoms with E-state index in [1.807, 2.05) is 24.7 Å². The number of benzene rings is 1. The van der Waals surface area contributed by atoms with E-state index in [2.05, 4.69) is 20.8 Å². The molecule has 0 amide bonds. The Labute approximate surface area is 169 Å². The Morgan fingerprint density at radius 2 is 1.86 bits per heavy atom. The molecule has 0 radical (unpaired) electrons. The first-order chi connectivity index (χ1) is 13.8. The van der Waals surface area contributed by atoms with E-state index >= 15 is 0 Å². The van der Waals surface area contributed by atoms with E-state index in [9.17, 15) is 17.6 Å². The summed E-state index contributed by atoms with van der Waals surface area (Å²) in [7, 11) is 0. The Bertz CT molecular complexity index is 1050. The van der Waals surface area contributed by atoms with Crippen molar-refractivity contribution in [3.8, 4) is 0 Å². The molecular weight excluding hydrogens is 408 g/mol. The van der Waals surface area contributed by atoms with Gasteiger partial charge in [0.25, 0.3) is 0 Å². The Kier molecular flexibility index (Phi) is 6.16. The highest BCUT2D eigenvalue weighted by atomic mass is 32.1. The third-order valence-corrected chi connectivity index (χ3v) is 4.48. The number of aryl methyl sites for hydroxylation is 2. The summed E-state index contributed by atoms with van der Waals surface area (Å²) in [5.41, 5.74) is 1.73. The van der Waals surface area contributed by atoms with Crippen LogP contribution in [0.5, 0.6) is 0 Å². The summed E-state index contributed by atoms with van der Waals surface area (Å²) in [6, 6.07) is 0.304. The molecule has 0 atom stereocenters. The molecule has 3 rings (SSSR count). The molecule has 0 unspecified atom stereocenters. The van der Waals surface area contributed by atoms with Gasteiger partial charge in [-0.2, -0.15) is 10.2 Å². The van der Waals surface area contributed by atoms with Crippen molar-refractivity contribution >= 4 is 23.0 Å². The van der Waals surface area contributed by atoms with Crippen molar-refractivity contribution in [3.05, 3.63) is 64.7 Å². The Balaban J connectivity index is 1.61. The molecule has 1 aromatic carbocycles. The molecule has 0 spiro atoms. The van der Waals surface area contributed by atoms with Gasteiger partial charge in [0.2, 0.25) is 0 Å². The summed E-state index contributed by atoms with van der Waals surface area (Å²) in [4.78, 5) is 0. The summed E-state index contributed by atoms with van der Waals surface area (Å²) < 4.78 is 56.9. The molecule has 0 saturated heterocycles. The number of rotatable bonds is 6. The average Bonchev–Trinajstić information content (AvgIpc) is 3.27. The second-order valence-electron chi connectivity index (χ2n) is 6.28. The maximum absolute atomic E-state index is 13.8. The first-order valence-electron chi connectivity index (χ1n) is 8.70. The van der Waals surface area contributed by atoms with Crippen molar-refractivity contribution in [3.63, 3.8) is 0 Å². The van der Waals surface area contributed by atoms with Crippen molar-refractivity contribution in [1.82, 2.24) is 24.9 Å².